The Balaban J connectivity index is 1.83. The van der Waals surface area contributed by atoms with Gasteiger partial charge in [0, 0.05) is 10.6 Å². The Hall–Kier alpha value is -0.990. The predicted molar refractivity (Wildman–Crippen MR) is 89.2 cm³/mol. The molecule has 0 fully saturated rings. The number of hydrogen-bond donors (Lipinski definition) is 1. The largest absolute Gasteiger partial charge is 0.378 e. The number of rotatable bonds is 3. The number of halogens is 1. The van der Waals surface area contributed by atoms with Gasteiger partial charge in [-0.15, -0.1) is 11.3 Å². The van der Waals surface area contributed by atoms with E-state index in [1.807, 2.05) is 0 Å². The van der Waals surface area contributed by atoms with E-state index in [4.69, 9.17) is 11.6 Å². The van der Waals surface area contributed by atoms with Crippen molar-refractivity contribution < 1.29 is 0 Å². The third kappa shape index (κ3) is 2.87. The molecule has 1 atom stereocenters. The molecule has 0 spiro atoms. The summed E-state index contributed by atoms with van der Waals surface area (Å²) in [6.45, 7) is 4.47. The van der Waals surface area contributed by atoms with Gasteiger partial charge in [0.1, 0.15) is 0 Å². The van der Waals surface area contributed by atoms with Gasteiger partial charge in [0.25, 0.3) is 0 Å². The van der Waals surface area contributed by atoms with E-state index >= 15 is 0 Å². The summed E-state index contributed by atoms with van der Waals surface area (Å²) in [6, 6.07) is 11.3. The Morgan fingerprint density at radius 2 is 2.15 bits per heavy atom. The maximum absolute atomic E-state index is 6.18. The van der Waals surface area contributed by atoms with Crippen LogP contribution in [0.5, 0.6) is 0 Å². The normalized spacial score (nSPS) is 18.1. The van der Waals surface area contributed by atoms with Gasteiger partial charge in [0.2, 0.25) is 0 Å². The summed E-state index contributed by atoms with van der Waals surface area (Å²) < 4.78 is 0.916. The van der Waals surface area contributed by atoms with Crippen molar-refractivity contribution in [1.29, 1.82) is 0 Å². The Kier molecular flexibility index (Phi) is 4.04. The second-order valence-corrected chi connectivity index (χ2v) is 7.57. The van der Waals surface area contributed by atoms with E-state index in [1.165, 1.54) is 41.0 Å². The van der Waals surface area contributed by atoms with Crippen molar-refractivity contribution in [2.45, 2.75) is 45.1 Å². The predicted octanol–water partition coefficient (Wildman–Crippen LogP) is 6.01. The maximum Gasteiger partial charge on any atom is 0.0934 e. The summed E-state index contributed by atoms with van der Waals surface area (Å²) in [7, 11) is 0. The molecule has 0 saturated heterocycles. The number of fused-ring (bicyclic) bond motifs is 1. The second kappa shape index (κ2) is 5.79. The number of thiophene rings is 1. The monoisotopic (exact) mass is 305 g/mol. The molecule has 0 saturated carbocycles. The quantitative estimate of drug-likeness (QED) is 0.731. The van der Waals surface area contributed by atoms with Gasteiger partial charge in [-0.3, -0.25) is 0 Å². The van der Waals surface area contributed by atoms with Crippen molar-refractivity contribution >= 4 is 28.6 Å². The molecule has 3 heteroatoms. The van der Waals surface area contributed by atoms with E-state index in [2.05, 4.69) is 49.5 Å². The molecule has 2 aromatic rings. The maximum atomic E-state index is 6.18. The summed E-state index contributed by atoms with van der Waals surface area (Å²) >= 11 is 7.91. The summed E-state index contributed by atoms with van der Waals surface area (Å²) in [4.78, 5) is 1.46. The minimum Gasteiger partial charge on any atom is -0.378 e. The van der Waals surface area contributed by atoms with Crippen molar-refractivity contribution in [2.75, 3.05) is 5.32 Å². The average molecular weight is 306 g/mol. The lowest BCUT2D eigenvalue weighted by Crippen LogP contribution is -2.15. The molecule has 1 unspecified atom stereocenters. The molecule has 0 aliphatic heterocycles. The van der Waals surface area contributed by atoms with Crippen LogP contribution < -0.4 is 5.32 Å². The molecule has 20 heavy (non-hydrogen) atoms. The number of hydrogen-bond acceptors (Lipinski definition) is 2. The molecule has 1 heterocycles. The molecular weight excluding hydrogens is 286 g/mol. The first-order valence-corrected chi connectivity index (χ1v) is 8.47. The van der Waals surface area contributed by atoms with Crippen molar-refractivity contribution in [3.05, 3.63) is 50.7 Å². The van der Waals surface area contributed by atoms with Gasteiger partial charge in [-0.05, 0) is 54.5 Å². The van der Waals surface area contributed by atoms with Gasteiger partial charge >= 0.3 is 0 Å². The van der Waals surface area contributed by atoms with Gasteiger partial charge in [0.05, 0.1) is 10.4 Å². The van der Waals surface area contributed by atoms with Crippen LogP contribution in [0, 0.1) is 0 Å². The highest BCUT2D eigenvalue weighted by molar-refractivity contribution is 7.16. The summed E-state index contributed by atoms with van der Waals surface area (Å²) in [6.07, 6.45) is 3.61. The summed E-state index contributed by atoms with van der Waals surface area (Å²) in [5.41, 5.74) is 4.01. The highest BCUT2D eigenvalue weighted by Crippen LogP contribution is 2.39. The lowest BCUT2D eigenvalue weighted by atomic mass is 9.93. The molecule has 0 amide bonds. The molecular formula is C17H20ClNS. The molecule has 1 N–H and O–H groups in total. The van der Waals surface area contributed by atoms with Crippen LogP contribution in [0.4, 0.5) is 5.69 Å². The first-order valence-electron chi connectivity index (χ1n) is 7.28. The van der Waals surface area contributed by atoms with Crippen LogP contribution >= 0.6 is 22.9 Å². The molecule has 1 nitrogen and oxygen atoms in total. The van der Waals surface area contributed by atoms with E-state index in [-0.39, 0.29) is 0 Å². The van der Waals surface area contributed by atoms with Crippen LogP contribution in [-0.4, -0.2) is 0 Å². The van der Waals surface area contributed by atoms with Gasteiger partial charge < -0.3 is 5.32 Å². The van der Waals surface area contributed by atoms with Crippen LogP contribution in [0.2, 0.25) is 4.34 Å². The minimum absolute atomic E-state index is 0.407. The molecule has 3 rings (SSSR count). The lowest BCUT2D eigenvalue weighted by molar-refractivity contribution is 0.609. The average Bonchev–Trinajstić information content (AvgIpc) is 2.80. The zero-order valence-electron chi connectivity index (χ0n) is 11.9. The van der Waals surface area contributed by atoms with Crippen molar-refractivity contribution in [3.8, 4) is 0 Å². The molecule has 1 aliphatic carbocycles. The van der Waals surface area contributed by atoms with Crippen LogP contribution in [0.15, 0.2) is 30.3 Å². The molecule has 1 aromatic heterocycles. The smallest absolute Gasteiger partial charge is 0.0934 e. The minimum atomic E-state index is 0.407. The molecule has 1 aromatic carbocycles. The first kappa shape index (κ1) is 14.0. The van der Waals surface area contributed by atoms with Gasteiger partial charge in [-0.2, -0.15) is 0 Å². The highest BCUT2D eigenvalue weighted by Gasteiger charge is 2.22. The van der Waals surface area contributed by atoms with Gasteiger partial charge in [-0.25, -0.2) is 0 Å². The standard InChI is InChI=1S/C17H20ClNS/c1-11(2)12-5-3-6-13(9-12)19-15-7-4-8-16-14(15)10-17(18)20-16/h3,5-6,9-11,15,19H,4,7-8H2,1-2H3. The van der Waals surface area contributed by atoms with Crippen molar-refractivity contribution in [2.24, 2.45) is 0 Å². The summed E-state index contributed by atoms with van der Waals surface area (Å²) in [5.74, 6) is 0.564. The SMILES string of the molecule is CC(C)c1cccc(NC2CCCc3sc(Cl)cc32)c1. The Morgan fingerprint density at radius 1 is 1.30 bits per heavy atom. The van der Waals surface area contributed by atoms with E-state index in [0.717, 1.165) is 4.34 Å². The van der Waals surface area contributed by atoms with E-state index < -0.39 is 0 Å². The van der Waals surface area contributed by atoms with Crippen molar-refractivity contribution in [1.82, 2.24) is 0 Å². The summed E-state index contributed by atoms with van der Waals surface area (Å²) in [5, 5.41) is 3.69. The fourth-order valence-corrected chi connectivity index (χ4v) is 4.24. The highest BCUT2D eigenvalue weighted by atomic mass is 35.5. The zero-order chi connectivity index (χ0) is 14.1. The molecule has 106 valence electrons. The number of aryl methyl sites for hydroxylation is 1. The number of anilines is 1. The Bertz CT molecular complexity index is 603. The van der Waals surface area contributed by atoms with E-state index in [0.29, 0.717) is 12.0 Å². The lowest BCUT2D eigenvalue weighted by Gasteiger charge is -2.25. The number of nitrogens with one attached hydrogen (secondary N) is 1. The topological polar surface area (TPSA) is 12.0 Å². The fourth-order valence-electron chi connectivity index (χ4n) is 2.86. The molecule has 1 aliphatic rings. The van der Waals surface area contributed by atoms with Crippen LogP contribution in [0.1, 0.15) is 54.7 Å². The van der Waals surface area contributed by atoms with E-state index in [9.17, 15) is 0 Å². The first-order chi connectivity index (χ1) is 9.63. The van der Waals surface area contributed by atoms with Gasteiger partial charge in [0.15, 0.2) is 0 Å². The Labute approximate surface area is 130 Å². The fraction of sp³-hybridized carbons (Fsp3) is 0.412. The third-order valence-corrected chi connectivity index (χ3v) is 5.32. The second-order valence-electron chi connectivity index (χ2n) is 5.80. The zero-order valence-corrected chi connectivity index (χ0v) is 13.5. The molecule has 0 bridgehead atoms. The van der Waals surface area contributed by atoms with Gasteiger partial charge in [-0.1, -0.05) is 37.6 Å². The molecule has 0 radical (unpaired) electrons. The van der Waals surface area contributed by atoms with E-state index in [1.54, 1.807) is 11.3 Å². The van der Waals surface area contributed by atoms with Crippen molar-refractivity contribution in [3.63, 3.8) is 0 Å². The number of benzene rings is 1. The third-order valence-electron chi connectivity index (χ3n) is 3.98. The van der Waals surface area contributed by atoms with Crippen LogP contribution in [0.25, 0.3) is 0 Å². The Morgan fingerprint density at radius 3 is 2.95 bits per heavy atom. The van der Waals surface area contributed by atoms with Crippen LogP contribution in [-0.2, 0) is 6.42 Å². The van der Waals surface area contributed by atoms with Crippen LogP contribution in [0.3, 0.4) is 0 Å².